The normalized spacial score (nSPS) is 11.3. The first-order valence-electron chi connectivity index (χ1n) is 8.03. The Morgan fingerprint density at radius 3 is 2.70 bits per heavy atom. The van der Waals surface area contributed by atoms with E-state index in [1.54, 1.807) is 29.1 Å². The van der Waals surface area contributed by atoms with Crippen LogP contribution < -0.4 is 10.1 Å². The number of hydrogen-bond donors (Lipinski definition) is 1. The van der Waals surface area contributed by atoms with E-state index in [0.717, 1.165) is 12.1 Å². The molecule has 27 heavy (non-hydrogen) atoms. The number of alkyl halides is 3. The fraction of sp³-hybridized carbons (Fsp3) is 0.167. The summed E-state index contributed by atoms with van der Waals surface area (Å²) in [5, 5.41) is 6.77. The van der Waals surface area contributed by atoms with Crippen LogP contribution in [0.3, 0.4) is 0 Å². The molecular weight excluding hydrogens is 361 g/mol. The highest BCUT2D eigenvalue weighted by Gasteiger charge is 2.31. The number of halogens is 3. The van der Waals surface area contributed by atoms with Gasteiger partial charge < -0.3 is 10.1 Å². The zero-order valence-electron chi connectivity index (χ0n) is 14.2. The Morgan fingerprint density at radius 1 is 1.22 bits per heavy atom. The number of ether oxygens (including phenoxy) is 1. The fourth-order valence-electron chi connectivity index (χ4n) is 2.55. The van der Waals surface area contributed by atoms with E-state index < -0.39 is 18.0 Å². The van der Waals surface area contributed by atoms with Crippen molar-refractivity contribution in [3.05, 3.63) is 66.1 Å². The van der Waals surface area contributed by atoms with Crippen molar-refractivity contribution in [1.82, 2.24) is 14.8 Å². The minimum Gasteiger partial charge on any atom is -0.406 e. The molecule has 0 aliphatic rings. The van der Waals surface area contributed by atoms with E-state index in [4.69, 9.17) is 0 Å². The van der Waals surface area contributed by atoms with E-state index in [9.17, 15) is 18.0 Å². The average molecular weight is 376 g/mol. The van der Waals surface area contributed by atoms with Crippen LogP contribution in [0.4, 0.5) is 18.9 Å². The summed E-state index contributed by atoms with van der Waals surface area (Å²) in [4.78, 5) is 16.8. The maximum atomic E-state index is 12.6. The van der Waals surface area contributed by atoms with E-state index in [0.29, 0.717) is 23.5 Å². The Balaban J connectivity index is 1.83. The van der Waals surface area contributed by atoms with E-state index in [-0.39, 0.29) is 5.69 Å². The minimum atomic E-state index is -4.80. The number of amides is 1. The highest BCUT2D eigenvalue weighted by molar-refractivity contribution is 6.05. The monoisotopic (exact) mass is 376 g/mol. The molecule has 6 nitrogen and oxygen atoms in total. The number of anilines is 1. The summed E-state index contributed by atoms with van der Waals surface area (Å²) in [5.41, 5.74) is 1.12. The molecule has 0 spiro atoms. The Morgan fingerprint density at radius 2 is 2.04 bits per heavy atom. The third kappa shape index (κ3) is 4.43. The lowest BCUT2D eigenvalue weighted by Crippen LogP contribution is -2.18. The standard InChI is InChI=1S/C18H15F3N4O2/c1-2-15-14(11-23-25(15)16-8-3-4-9-22-16)17(26)24-12-6-5-7-13(10-12)27-18(19,20)21/h3-11H,2H2,1H3,(H,24,26). The molecule has 2 aromatic heterocycles. The van der Waals surface area contributed by atoms with E-state index >= 15 is 0 Å². The molecule has 9 heteroatoms. The second kappa shape index (κ2) is 7.48. The van der Waals surface area contributed by atoms with Gasteiger partial charge in [0.2, 0.25) is 0 Å². The highest BCUT2D eigenvalue weighted by Crippen LogP contribution is 2.25. The highest BCUT2D eigenvalue weighted by atomic mass is 19.4. The number of aromatic nitrogens is 3. The quantitative estimate of drug-likeness (QED) is 0.731. The summed E-state index contributed by atoms with van der Waals surface area (Å²) in [5.74, 6) is -0.340. The van der Waals surface area contributed by atoms with Gasteiger partial charge in [0.25, 0.3) is 5.91 Å². The first kappa shape index (κ1) is 18.4. The summed E-state index contributed by atoms with van der Waals surface area (Å²) in [6.45, 7) is 1.87. The van der Waals surface area contributed by atoms with Crippen LogP contribution in [0.1, 0.15) is 23.0 Å². The number of carbonyl (C=O) groups is 1. The van der Waals surface area contributed by atoms with Crippen LogP contribution in [-0.4, -0.2) is 27.0 Å². The van der Waals surface area contributed by atoms with Crippen LogP contribution in [0, 0.1) is 0 Å². The predicted octanol–water partition coefficient (Wildman–Crippen LogP) is 3.98. The number of nitrogens with zero attached hydrogens (tertiary/aromatic N) is 3. The first-order valence-corrected chi connectivity index (χ1v) is 8.03. The first-order chi connectivity index (χ1) is 12.9. The second-order valence-electron chi connectivity index (χ2n) is 5.49. The lowest BCUT2D eigenvalue weighted by atomic mass is 10.2. The molecule has 3 aromatic rings. The third-order valence-electron chi connectivity index (χ3n) is 3.64. The molecule has 3 rings (SSSR count). The van der Waals surface area contributed by atoms with Gasteiger partial charge in [0.05, 0.1) is 17.5 Å². The molecule has 0 aliphatic carbocycles. The molecule has 0 fully saturated rings. The second-order valence-corrected chi connectivity index (χ2v) is 5.49. The number of nitrogens with one attached hydrogen (secondary N) is 1. The topological polar surface area (TPSA) is 69.0 Å². The molecule has 0 bridgehead atoms. The van der Waals surface area contributed by atoms with Crippen LogP contribution in [0.5, 0.6) is 5.75 Å². The number of carbonyl (C=O) groups excluding carboxylic acids is 1. The molecule has 0 saturated heterocycles. The number of benzene rings is 1. The molecule has 0 atom stereocenters. The average Bonchev–Trinajstić information content (AvgIpc) is 3.05. The van der Waals surface area contributed by atoms with Gasteiger partial charge in [0.15, 0.2) is 5.82 Å². The SMILES string of the molecule is CCc1c(C(=O)Nc2cccc(OC(F)(F)F)c2)cnn1-c1ccccn1. The zero-order valence-corrected chi connectivity index (χ0v) is 14.2. The van der Waals surface area contributed by atoms with Crippen molar-refractivity contribution in [2.45, 2.75) is 19.7 Å². The Hall–Kier alpha value is -3.36. The Kier molecular flexibility index (Phi) is 5.11. The molecule has 0 saturated carbocycles. The maximum absolute atomic E-state index is 12.6. The number of rotatable bonds is 5. The van der Waals surface area contributed by atoms with Crippen molar-refractivity contribution < 1.29 is 22.7 Å². The molecule has 140 valence electrons. The Labute approximate surface area is 152 Å². The number of hydrogen-bond acceptors (Lipinski definition) is 4. The van der Waals surface area contributed by atoms with E-state index in [1.807, 2.05) is 6.92 Å². The van der Waals surface area contributed by atoms with Gasteiger partial charge >= 0.3 is 6.36 Å². The summed E-state index contributed by atoms with van der Waals surface area (Å²) >= 11 is 0. The summed E-state index contributed by atoms with van der Waals surface area (Å²) in [6, 6.07) is 10.4. The van der Waals surface area contributed by atoms with Crippen molar-refractivity contribution in [2.24, 2.45) is 0 Å². The van der Waals surface area contributed by atoms with Crippen LogP contribution in [-0.2, 0) is 6.42 Å². The van der Waals surface area contributed by atoms with Gasteiger partial charge in [-0.15, -0.1) is 13.2 Å². The van der Waals surface area contributed by atoms with Gasteiger partial charge in [-0.3, -0.25) is 4.79 Å². The lowest BCUT2D eigenvalue weighted by molar-refractivity contribution is -0.274. The largest absolute Gasteiger partial charge is 0.573 e. The van der Waals surface area contributed by atoms with E-state index in [2.05, 4.69) is 20.1 Å². The third-order valence-corrected chi connectivity index (χ3v) is 3.64. The molecule has 2 heterocycles. The molecular formula is C18H15F3N4O2. The van der Waals surface area contributed by atoms with Crippen LogP contribution >= 0.6 is 0 Å². The Bertz CT molecular complexity index is 939. The molecule has 1 aromatic carbocycles. The molecule has 1 N–H and O–H groups in total. The van der Waals surface area contributed by atoms with Crippen molar-refractivity contribution in [3.8, 4) is 11.6 Å². The molecule has 0 unspecified atom stereocenters. The van der Waals surface area contributed by atoms with Gasteiger partial charge in [-0.2, -0.15) is 5.10 Å². The summed E-state index contributed by atoms with van der Waals surface area (Å²) in [7, 11) is 0. The zero-order chi connectivity index (χ0) is 19.4. The lowest BCUT2D eigenvalue weighted by Gasteiger charge is -2.11. The number of pyridine rings is 1. The van der Waals surface area contributed by atoms with Crippen molar-refractivity contribution in [2.75, 3.05) is 5.32 Å². The van der Waals surface area contributed by atoms with E-state index in [1.165, 1.54) is 18.3 Å². The maximum Gasteiger partial charge on any atom is 0.573 e. The van der Waals surface area contributed by atoms with Crippen LogP contribution in [0.2, 0.25) is 0 Å². The fourth-order valence-corrected chi connectivity index (χ4v) is 2.55. The van der Waals surface area contributed by atoms with Crippen LogP contribution in [0.25, 0.3) is 5.82 Å². The smallest absolute Gasteiger partial charge is 0.406 e. The van der Waals surface area contributed by atoms with Crippen molar-refractivity contribution in [1.29, 1.82) is 0 Å². The minimum absolute atomic E-state index is 0.175. The van der Waals surface area contributed by atoms with Gasteiger partial charge in [-0.1, -0.05) is 19.1 Å². The van der Waals surface area contributed by atoms with Gasteiger partial charge in [0.1, 0.15) is 5.75 Å². The summed E-state index contributed by atoms with van der Waals surface area (Å²) < 4.78 is 42.4. The van der Waals surface area contributed by atoms with Gasteiger partial charge in [-0.25, -0.2) is 9.67 Å². The summed E-state index contributed by atoms with van der Waals surface area (Å²) in [6.07, 6.45) is -1.28. The van der Waals surface area contributed by atoms with Gasteiger partial charge in [-0.05, 0) is 30.7 Å². The molecule has 1 amide bonds. The van der Waals surface area contributed by atoms with Crippen molar-refractivity contribution in [3.63, 3.8) is 0 Å². The molecule has 0 aliphatic heterocycles. The van der Waals surface area contributed by atoms with Crippen LogP contribution in [0.15, 0.2) is 54.9 Å². The van der Waals surface area contributed by atoms with Crippen molar-refractivity contribution >= 4 is 11.6 Å². The predicted molar refractivity (Wildman–Crippen MR) is 91.8 cm³/mol. The van der Waals surface area contributed by atoms with Gasteiger partial charge in [0, 0.05) is 18.0 Å². The molecule has 0 radical (unpaired) electrons.